The van der Waals surface area contributed by atoms with Crippen LogP contribution in [0.15, 0.2) is 48.5 Å². The van der Waals surface area contributed by atoms with Crippen molar-refractivity contribution in [1.82, 2.24) is 5.32 Å². The van der Waals surface area contributed by atoms with Crippen molar-refractivity contribution in [3.8, 4) is 0 Å². The van der Waals surface area contributed by atoms with Gasteiger partial charge in [0.15, 0.2) is 0 Å². The molecule has 2 amide bonds. The fourth-order valence-electron chi connectivity index (χ4n) is 3.17. The molecule has 0 aromatic heterocycles. The highest BCUT2D eigenvalue weighted by Gasteiger charge is 2.19. The van der Waals surface area contributed by atoms with Gasteiger partial charge in [-0.3, -0.25) is 9.59 Å². The molecule has 26 heavy (non-hydrogen) atoms. The number of anilines is 2. The zero-order valence-electron chi connectivity index (χ0n) is 14.9. The lowest BCUT2D eigenvalue weighted by molar-refractivity contribution is -0.121. The summed E-state index contributed by atoms with van der Waals surface area (Å²) in [4.78, 5) is 25.9. The monoisotopic (exact) mass is 351 g/mol. The zero-order valence-corrected chi connectivity index (χ0v) is 14.9. The lowest BCUT2D eigenvalue weighted by Crippen LogP contribution is -2.35. The fraction of sp³-hybridized carbons (Fsp3) is 0.333. The van der Waals surface area contributed by atoms with Crippen molar-refractivity contribution in [2.75, 3.05) is 17.2 Å². The van der Waals surface area contributed by atoms with Gasteiger partial charge in [-0.2, -0.15) is 0 Å². The van der Waals surface area contributed by atoms with Crippen LogP contribution in [0, 0.1) is 0 Å². The molecule has 0 spiro atoms. The van der Waals surface area contributed by atoms with E-state index in [1.807, 2.05) is 53.4 Å². The van der Waals surface area contributed by atoms with Gasteiger partial charge in [0.2, 0.25) is 11.8 Å². The van der Waals surface area contributed by atoms with Gasteiger partial charge in [-0.1, -0.05) is 30.3 Å². The predicted octanol–water partition coefficient (Wildman–Crippen LogP) is 3.03. The van der Waals surface area contributed by atoms with Crippen molar-refractivity contribution in [2.24, 2.45) is 0 Å². The van der Waals surface area contributed by atoms with E-state index in [4.69, 9.17) is 5.73 Å². The molecule has 2 aromatic rings. The average molecular weight is 351 g/mol. The Balaban J connectivity index is 1.47. The molecule has 0 atom stereocenters. The predicted molar refractivity (Wildman–Crippen MR) is 104 cm³/mol. The molecule has 0 bridgehead atoms. The summed E-state index contributed by atoms with van der Waals surface area (Å²) in [5, 5.41) is 2.94. The SMILES string of the molecule is Nc1ccccc1CCC(=O)NCc1ccc(N2CCCCC2=O)cc1. The van der Waals surface area contributed by atoms with Crippen molar-refractivity contribution in [3.63, 3.8) is 0 Å². The Kier molecular flexibility index (Phi) is 5.89. The van der Waals surface area contributed by atoms with Gasteiger partial charge in [0, 0.05) is 37.3 Å². The Bertz CT molecular complexity index is 771. The number of rotatable bonds is 6. The number of para-hydroxylation sites is 1. The first-order valence-corrected chi connectivity index (χ1v) is 9.13. The van der Waals surface area contributed by atoms with Gasteiger partial charge in [0.25, 0.3) is 0 Å². The molecule has 136 valence electrons. The van der Waals surface area contributed by atoms with Crippen LogP contribution in [0.2, 0.25) is 0 Å². The fourth-order valence-corrected chi connectivity index (χ4v) is 3.17. The number of carbonyl (C=O) groups excluding carboxylic acids is 2. The molecule has 0 aliphatic carbocycles. The van der Waals surface area contributed by atoms with Crippen LogP contribution in [0.5, 0.6) is 0 Å². The molecular formula is C21H25N3O2. The Morgan fingerprint density at radius 1 is 1.08 bits per heavy atom. The maximum Gasteiger partial charge on any atom is 0.226 e. The minimum absolute atomic E-state index is 0.00328. The number of nitrogens with zero attached hydrogens (tertiary/aromatic N) is 1. The molecular weight excluding hydrogens is 326 g/mol. The largest absolute Gasteiger partial charge is 0.399 e. The number of hydrogen-bond acceptors (Lipinski definition) is 3. The molecule has 3 rings (SSSR count). The van der Waals surface area contributed by atoms with E-state index < -0.39 is 0 Å². The van der Waals surface area contributed by atoms with E-state index >= 15 is 0 Å². The molecule has 3 N–H and O–H groups in total. The first kappa shape index (κ1) is 18.0. The summed E-state index contributed by atoms with van der Waals surface area (Å²) in [6, 6.07) is 15.5. The summed E-state index contributed by atoms with van der Waals surface area (Å²) in [5.41, 5.74) is 9.57. The number of nitrogens with one attached hydrogen (secondary N) is 1. The third-order valence-corrected chi connectivity index (χ3v) is 4.74. The molecule has 0 saturated carbocycles. The van der Waals surface area contributed by atoms with Gasteiger partial charge in [0.1, 0.15) is 0 Å². The average Bonchev–Trinajstić information content (AvgIpc) is 2.67. The first-order valence-electron chi connectivity index (χ1n) is 9.13. The number of piperidine rings is 1. The quantitative estimate of drug-likeness (QED) is 0.786. The number of carbonyl (C=O) groups is 2. The standard InChI is InChI=1S/C21H25N3O2/c22-19-6-2-1-5-17(19)10-13-20(25)23-15-16-8-11-18(12-9-16)24-14-4-3-7-21(24)26/h1-2,5-6,8-9,11-12H,3-4,7,10,13-15,22H2,(H,23,25). The van der Waals surface area contributed by atoms with Crippen LogP contribution >= 0.6 is 0 Å². The van der Waals surface area contributed by atoms with Crippen molar-refractivity contribution in [2.45, 2.75) is 38.6 Å². The number of nitrogens with two attached hydrogens (primary N) is 1. The molecule has 0 radical (unpaired) electrons. The summed E-state index contributed by atoms with van der Waals surface area (Å²) in [5.74, 6) is 0.195. The molecule has 1 aliphatic heterocycles. The van der Waals surface area contributed by atoms with Gasteiger partial charge in [-0.25, -0.2) is 0 Å². The van der Waals surface area contributed by atoms with Gasteiger partial charge < -0.3 is 16.0 Å². The van der Waals surface area contributed by atoms with E-state index in [1.165, 1.54) is 0 Å². The third-order valence-electron chi connectivity index (χ3n) is 4.74. The highest BCUT2D eigenvalue weighted by molar-refractivity contribution is 5.93. The van der Waals surface area contributed by atoms with Crippen LogP contribution in [0.4, 0.5) is 11.4 Å². The number of hydrogen-bond donors (Lipinski definition) is 2. The molecule has 1 aliphatic rings. The second-order valence-corrected chi connectivity index (χ2v) is 6.64. The summed E-state index contributed by atoms with van der Waals surface area (Å²) in [6.45, 7) is 1.27. The highest BCUT2D eigenvalue weighted by Crippen LogP contribution is 2.21. The van der Waals surface area contributed by atoms with E-state index in [9.17, 15) is 9.59 Å². The highest BCUT2D eigenvalue weighted by atomic mass is 16.2. The van der Waals surface area contributed by atoms with Gasteiger partial charge >= 0.3 is 0 Å². The van der Waals surface area contributed by atoms with E-state index in [0.29, 0.717) is 25.8 Å². The van der Waals surface area contributed by atoms with Crippen LogP contribution in [0.1, 0.15) is 36.8 Å². The van der Waals surface area contributed by atoms with Crippen LogP contribution in [-0.4, -0.2) is 18.4 Å². The van der Waals surface area contributed by atoms with E-state index in [1.54, 1.807) is 0 Å². The number of benzene rings is 2. The van der Waals surface area contributed by atoms with Crippen molar-refractivity contribution >= 4 is 23.2 Å². The second kappa shape index (κ2) is 8.52. The number of amides is 2. The number of nitrogen functional groups attached to an aromatic ring is 1. The van der Waals surface area contributed by atoms with Crippen LogP contribution in [-0.2, 0) is 22.6 Å². The Morgan fingerprint density at radius 3 is 2.58 bits per heavy atom. The third kappa shape index (κ3) is 4.63. The maximum absolute atomic E-state index is 12.1. The molecule has 5 nitrogen and oxygen atoms in total. The molecule has 1 heterocycles. The maximum atomic E-state index is 12.1. The van der Waals surface area contributed by atoms with Crippen LogP contribution in [0.3, 0.4) is 0 Å². The summed E-state index contributed by atoms with van der Waals surface area (Å²) in [6.07, 6.45) is 3.70. The summed E-state index contributed by atoms with van der Waals surface area (Å²) >= 11 is 0. The van der Waals surface area contributed by atoms with Crippen LogP contribution in [0.25, 0.3) is 0 Å². The second-order valence-electron chi connectivity index (χ2n) is 6.64. The van der Waals surface area contributed by atoms with Gasteiger partial charge in [-0.05, 0) is 48.6 Å². The minimum Gasteiger partial charge on any atom is -0.399 e. The Labute approximate surface area is 154 Å². The lowest BCUT2D eigenvalue weighted by atomic mass is 10.1. The molecule has 0 unspecified atom stereocenters. The smallest absolute Gasteiger partial charge is 0.226 e. The molecule has 2 aromatic carbocycles. The van der Waals surface area contributed by atoms with E-state index in [0.717, 1.165) is 41.9 Å². The van der Waals surface area contributed by atoms with Crippen molar-refractivity contribution in [3.05, 3.63) is 59.7 Å². The van der Waals surface area contributed by atoms with Crippen LogP contribution < -0.4 is 16.0 Å². The number of aryl methyl sites for hydroxylation is 1. The van der Waals surface area contributed by atoms with E-state index in [-0.39, 0.29) is 11.8 Å². The normalized spacial score (nSPS) is 14.3. The topological polar surface area (TPSA) is 75.4 Å². The van der Waals surface area contributed by atoms with Crippen molar-refractivity contribution < 1.29 is 9.59 Å². The van der Waals surface area contributed by atoms with Gasteiger partial charge in [-0.15, -0.1) is 0 Å². The lowest BCUT2D eigenvalue weighted by Gasteiger charge is -2.26. The minimum atomic E-state index is 0.00328. The molecule has 1 saturated heterocycles. The van der Waals surface area contributed by atoms with E-state index in [2.05, 4.69) is 5.32 Å². The molecule has 1 fully saturated rings. The Hall–Kier alpha value is -2.82. The first-order chi connectivity index (χ1) is 12.6. The summed E-state index contributed by atoms with van der Waals surface area (Å²) in [7, 11) is 0. The van der Waals surface area contributed by atoms with Gasteiger partial charge in [0.05, 0.1) is 0 Å². The zero-order chi connectivity index (χ0) is 18.4. The van der Waals surface area contributed by atoms with Crippen molar-refractivity contribution in [1.29, 1.82) is 0 Å². The summed E-state index contributed by atoms with van der Waals surface area (Å²) < 4.78 is 0. The molecule has 5 heteroatoms. The Morgan fingerprint density at radius 2 is 1.85 bits per heavy atom.